The number of imidazole rings is 1. The lowest BCUT2D eigenvalue weighted by Gasteiger charge is -2.15. The van der Waals surface area contributed by atoms with Gasteiger partial charge in [-0.15, -0.1) is 0 Å². The molecule has 2 N–H and O–H groups in total. The number of aromatic nitrogens is 4. The Labute approximate surface area is 164 Å². The van der Waals surface area contributed by atoms with Gasteiger partial charge in [0.05, 0.1) is 0 Å². The Balaban J connectivity index is 1.49. The zero-order valence-electron chi connectivity index (χ0n) is 16.2. The monoisotopic (exact) mass is 380 g/mol. The average molecular weight is 380 g/mol. The molecule has 8 heteroatoms. The van der Waals surface area contributed by atoms with Crippen LogP contribution in [0.4, 0.5) is 5.82 Å². The van der Waals surface area contributed by atoms with Gasteiger partial charge in [0, 0.05) is 31.5 Å². The molecule has 0 bridgehead atoms. The average Bonchev–Trinajstić information content (AvgIpc) is 3.11. The van der Waals surface area contributed by atoms with Crippen LogP contribution in [0.3, 0.4) is 0 Å². The topological polar surface area (TPSA) is 94.0 Å². The van der Waals surface area contributed by atoms with Crippen LogP contribution in [0.1, 0.15) is 18.6 Å². The van der Waals surface area contributed by atoms with Gasteiger partial charge in [-0.1, -0.05) is 18.2 Å². The van der Waals surface area contributed by atoms with Gasteiger partial charge in [-0.25, -0.2) is 15.0 Å². The van der Waals surface area contributed by atoms with Crippen molar-refractivity contribution in [3.8, 4) is 11.6 Å². The highest BCUT2D eigenvalue weighted by Gasteiger charge is 2.13. The van der Waals surface area contributed by atoms with Gasteiger partial charge in [0.1, 0.15) is 29.0 Å². The van der Waals surface area contributed by atoms with Gasteiger partial charge < -0.3 is 15.4 Å². The summed E-state index contributed by atoms with van der Waals surface area (Å²) in [5.74, 6) is 3.45. The van der Waals surface area contributed by atoms with Crippen molar-refractivity contribution in [1.29, 1.82) is 0 Å². The first-order valence-electron chi connectivity index (χ1n) is 9.12. The van der Waals surface area contributed by atoms with Crippen LogP contribution in [0.15, 0.2) is 48.8 Å². The minimum atomic E-state index is -0.570. The van der Waals surface area contributed by atoms with Gasteiger partial charge in [-0.3, -0.25) is 9.36 Å². The summed E-state index contributed by atoms with van der Waals surface area (Å²) in [4.78, 5) is 25.2. The summed E-state index contributed by atoms with van der Waals surface area (Å²) >= 11 is 0. The first kappa shape index (κ1) is 19.3. The van der Waals surface area contributed by atoms with Crippen LogP contribution in [0.5, 0.6) is 5.75 Å². The van der Waals surface area contributed by atoms with Gasteiger partial charge in [-0.05, 0) is 32.9 Å². The first-order valence-corrected chi connectivity index (χ1v) is 9.12. The number of carbonyl (C=O) groups excluding carboxylic acids is 1. The lowest BCUT2D eigenvalue weighted by atomic mass is 10.3. The van der Waals surface area contributed by atoms with Crippen LogP contribution >= 0.6 is 0 Å². The number of amides is 1. The van der Waals surface area contributed by atoms with Crippen molar-refractivity contribution >= 4 is 11.7 Å². The molecule has 0 spiro atoms. The van der Waals surface area contributed by atoms with E-state index in [1.54, 1.807) is 13.1 Å². The summed E-state index contributed by atoms with van der Waals surface area (Å²) in [6.07, 6.45) is 3.02. The molecule has 2 heterocycles. The van der Waals surface area contributed by atoms with Crippen molar-refractivity contribution in [2.24, 2.45) is 0 Å². The van der Waals surface area contributed by atoms with Crippen molar-refractivity contribution in [1.82, 2.24) is 24.8 Å². The van der Waals surface area contributed by atoms with Crippen molar-refractivity contribution in [3.05, 3.63) is 60.4 Å². The Morgan fingerprint density at radius 3 is 2.68 bits per heavy atom. The van der Waals surface area contributed by atoms with E-state index in [2.05, 4.69) is 25.6 Å². The number of hydrogen-bond acceptors (Lipinski definition) is 6. The fourth-order valence-corrected chi connectivity index (χ4v) is 2.66. The summed E-state index contributed by atoms with van der Waals surface area (Å²) in [5.41, 5.74) is 0. The molecule has 1 unspecified atom stereocenters. The number of rotatable bonds is 8. The number of benzene rings is 1. The van der Waals surface area contributed by atoms with Crippen LogP contribution < -0.4 is 15.4 Å². The second-order valence-electron chi connectivity index (χ2n) is 6.29. The van der Waals surface area contributed by atoms with E-state index < -0.39 is 6.10 Å². The highest BCUT2D eigenvalue weighted by atomic mass is 16.5. The lowest BCUT2D eigenvalue weighted by Crippen LogP contribution is -2.38. The van der Waals surface area contributed by atoms with Gasteiger partial charge in [0.25, 0.3) is 5.91 Å². The SMILES string of the molecule is Cc1nc(NCCNC(=O)C(C)Oc2ccccc2)cc(-n2ccnc2C)n1. The molecule has 0 saturated carbocycles. The van der Waals surface area contributed by atoms with E-state index in [0.29, 0.717) is 30.5 Å². The largest absolute Gasteiger partial charge is 0.481 e. The predicted molar refractivity (Wildman–Crippen MR) is 107 cm³/mol. The Kier molecular flexibility index (Phi) is 6.21. The van der Waals surface area contributed by atoms with Crippen LogP contribution in [0.2, 0.25) is 0 Å². The van der Waals surface area contributed by atoms with E-state index >= 15 is 0 Å². The number of nitrogens with zero attached hydrogens (tertiary/aromatic N) is 4. The molecule has 3 rings (SSSR count). The van der Waals surface area contributed by atoms with Crippen LogP contribution in [0, 0.1) is 13.8 Å². The Bertz CT molecular complexity index is 925. The molecule has 0 radical (unpaired) electrons. The Morgan fingerprint density at radius 2 is 1.96 bits per heavy atom. The van der Waals surface area contributed by atoms with Gasteiger partial charge in [0.15, 0.2) is 6.10 Å². The Hall–Kier alpha value is -3.42. The van der Waals surface area contributed by atoms with Crippen LogP contribution in [-0.2, 0) is 4.79 Å². The number of nitrogens with one attached hydrogen (secondary N) is 2. The minimum absolute atomic E-state index is 0.167. The number of hydrogen-bond donors (Lipinski definition) is 2. The summed E-state index contributed by atoms with van der Waals surface area (Å²) in [5, 5.41) is 6.06. The number of para-hydroxylation sites is 1. The third-order valence-electron chi connectivity index (χ3n) is 4.05. The second kappa shape index (κ2) is 8.98. The maximum Gasteiger partial charge on any atom is 0.260 e. The minimum Gasteiger partial charge on any atom is -0.481 e. The summed E-state index contributed by atoms with van der Waals surface area (Å²) in [7, 11) is 0. The molecule has 0 fully saturated rings. The van der Waals surface area contributed by atoms with E-state index in [1.807, 2.05) is 61.0 Å². The van der Waals surface area contributed by atoms with Gasteiger partial charge in [0.2, 0.25) is 0 Å². The van der Waals surface area contributed by atoms with Gasteiger partial charge in [-0.2, -0.15) is 0 Å². The third kappa shape index (κ3) is 5.06. The quantitative estimate of drug-likeness (QED) is 0.582. The molecule has 1 amide bonds. The van der Waals surface area contributed by atoms with E-state index in [4.69, 9.17) is 4.74 Å². The van der Waals surface area contributed by atoms with E-state index in [9.17, 15) is 4.79 Å². The van der Waals surface area contributed by atoms with Crippen molar-refractivity contribution in [2.45, 2.75) is 26.9 Å². The zero-order chi connectivity index (χ0) is 19.9. The molecule has 2 aromatic heterocycles. The second-order valence-corrected chi connectivity index (χ2v) is 6.29. The Morgan fingerprint density at radius 1 is 1.18 bits per heavy atom. The standard InChI is InChI=1S/C20H24N6O2/c1-14(28-17-7-5-4-6-8-17)20(27)23-10-9-22-18-13-19(25-15(2)24-18)26-12-11-21-16(26)3/h4-8,11-14H,9-10H2,1-3H3,(H,23,27)(H,22,24,25). The third-order valence-corrected chi connectivity index (χ3v) is 4.05. The molecule has 0 aliphatic carbocycles. The van der Waals surface area contributed by atoms with E-state index in [1.165, 1.54) is 0 Å². The molecule has 1 atom stereocenters. The summed E-state index contributed by atoms with van der Waals surface area (Å²) < 4.78 is 7.51. The van der Waals surface area contributed by atoms with Crippen molar-refractivity contribution in [3.63, 3.8) is 0 Å². The van der Waals surface area contributed by atoms with E-state index in [-0.39, 0.29) is 5.91 Å². The molecule has 0 saturated heterocycles. The maximum atomic E-state index is 12.2. The molecular formula is C20H24N6O2. The summed E-state index contributed by atoms with van der Waals surface area (Å²) in [6, 6.07) is 11.1. The number of anilines is 1. The van der Waals surface area contributed by atoms with Crippen LogP contribution in [-0.4, -0.2) is 44.6 Å². The molecule has 28 heavy (non-hydrogen) atoms. The fourth-order valence-electron chi connectivity index (χ4n) is 2.66. The van der Waals surface area contributed by atoms with Gasteiger partial charge >= 0.3 is 0 Å². The predicted octanol–water partition coefficient (Wildman–Crippen LogP) is 2.27. The molecule has 3 aromatic rings. The normalized spacial score (nSPS) is 11.7. The molecule has 0 aliphatic heterocycles. The number of ether oxygens (including phenoxy) is 1. The van der Waals surface area contributed by atoms with Crippen molar-refractivity contribution < 1.29 is 9.53 Å². The van der Waals surface area contributed by atoms with Crippen LogP contribution in [0.25, 0.3) is 5.82 Å². The molecular weight excluding hydrogens is 356 g/mol. The molecule has 0 aliphatic rings. The smallest absolute Gasteiger partial charge is 0.260 e. The molecule has 1 aromatic carbocycles. The highest BCUT2D eigenvalue weighted by Crippen LogP contribution is 2.13. The highest BCUT2D eigenvalue weighted by molar-refractivity contribution is 5.80. The summed E-state index contributed by atoms with van der Waals surface area (Å²) in [6.45, 7) is 6.46. The van der Waals surface area contributed by atoms with E-state index in [0.717, 1.165) is 11.6 Å². The fraction of sp³-hybridized carbons (Fsp3) is 0.300. The first-order chi connectivity index (χ1) is 13.5. The number of carbonyl (C=O) groups is 1. The zero-order valence-corrected chi connectivity index (χ0v) is 16.2. The lowest BCUT2D eigenvalue weighted by molar-refractivity contribution is -0.127. The maximum absolute atomic E-state index is 12.2. The number of aryl methyl sites for hydroxylation is 2. The van der Waals surface area contributed by atoms with Crippen molar-refractivity contribution in [2.75, 3.05) is 18.4 Å². The molecule has 8 nitrogen and oxygen atoms in total. The molecule has 146 valence electrons.